The van der Waals surface area contributed by atoms with Gasteiger partial charge in [0.1, 0.15) is 10.7 Å². The van der Waals surface area contributed by atoms with Gasteiger partial charge in [0.25, 0.3) is 5.91 Å². The Morgan fingerprint density at radius 3 is 2.63 bits per heavy atom. The number of carbonyl (C=O) groups excluding carboxylic acids is 1. The minimum atomic E-state index is -3.96. The minimum Gasteiger partial charge on any atom is -0.346 e. The molecule has 1 aromatic carbocycles. The summed E-state index contributed by atoms with van der Waals surface area (Å²) in [5.41, 5.74) is 1.62. The van der Waals surface area contributed by atoms with E-state index in [9.17, 15) is 17.6 Å². The van der Waals surface area contributed by atoms with Gasteiger partial charge in [0, 0.05) is 24.3 Å². The van der Waals surface area contributed by atoms with E-state index < -0.39 is 26.6 Å². The lowest BCUT2D eigenvalue weighted by molar-refractivity contribution is 0.0950. The maximum absolute atomic E-state index is 14.2. The predicted octanol–water partition coefficient (Wildman–Crippen LogP) is 2.63. The lowest BCUT2D eigenvalue weighted by Crippen LogP contribution is -2.36. The number of nitrogens with zero attached hydrogens (tertiary/aromatic N) is 2. The summed E-state index contributed by atoms with van der Waals surface area (Å²) in [7, 11) is -3.96. The van der Waals surface area contributed by atoms with Gasteiger partial charge in [0.05, 0.1) is 12.2 Å². The molecule has 0 unspecified atom stereocenters. The number of pyridine rings is 1. The van der Waals surface area contributed by atoms with Crippen LogP contribution in [-0.4, -0.2) is 36.7 Å². The third-order valence-electron chi connectivity index (χ3n) is 4.50. The van der Waals surface area contributed by atoms with Gasteiger partial charge in [0.2, 0.25) is 10.0 Å². The Labute approximate surface area is 158 Å². The van der Waals surface area contributed by atoms with E-state index in [-0.39, 0.29) is 12.1 Å². The molecule has 8 heteroatoms. The molecule has 1 amide bonds. The highest BCUT2D eigenvalue weighted by Crippen LogP contribution is 2.24. The highest BCUT2D eigenvalue weighted by Gasteiger charge is 2.29. The number of rotatable bonds is 5. The third-order valence-corrected chi connectivity index (χ3v) is 6.42. The zero-order chi connectivity index (χ0) is 19.4. The molecule has 0 aliphatic carbocycles. The number of aromatic nitrogens is 1. The van der Waals surface area contributed by atoms with E-state index in [0.29, 0.717) is 18.8 Å². The van der Waals surface area contributed by atoms with Gasteiger partial charge < -0.3 is 5.32 Å². The Bertz CT molecular complexity index is 941. The molecular formula is C19H22FN3O3S. The maximum atomic E-state index is 14.2. The average molecular weight is 391 g/mol. The lowest BCUT2D eigenvalue weighted by atomic mass is 10.2. The first-order chi connectivity index (χ1) is 12.9. The highest BCUT2D eigenvalue weighted by atomic mass is 32.2. The molecule has 2 aromatic rings. The van der Waals surface area contributed by atoms with E-state index in [4.69, 9.17) is 0 Å². The van der Waals surface area contributed by atoms with E-state index >= 15 is 0 Å². The minimum absolute atomic E-state index is 0.0969. The van der Waals surface area contributed by atoms with E-state index in [1.165, 1.54) is 10.4 Å². The third kappa shape index (κ3) is 4.51. The van der Waals surface area contributed by atoms with Crippen LogP contribution in [0.1, 0.15) is 41.0 Å². The van der Waals surface area contributed by atoms with Crippen molar-refractivity contribution in [3.05, 3.63) is 59.2 Å². The number of carbonyl (C=O) groups is 1. The monoisotopic (exact) mass is 391 g/mol. The first-order valence-corrected chi connectivity index (χ1v) is 10.3. The Balaban J connectivity index is 1.79. The van der Waals surface area contributed by atoms with Gasteiger partial charge in [-0.05, 0) is 50.1 Å². The SMILES string of the molecule is Cc1cccc(CNC(=O)c2ccc(F)c(S(=O)(=O)N3CCCCC3)c2)n1. The number of hydrogen-bond acceptors (Lipinski definition) is 4. The second kappa shape index (κ2) is 8.14. The fraction of sp³-hybridized carbons (Fsp3) is 0.368. The second-order valence-corrected chi connectivity index (χ2v) is 8.47. The number of amides is 1. The lowest BCUT2D eigenvalue weighted by Gasteiger charge is -2.26. The van der Waals surface area contributed by atoms with Crippen LogP contribution in [0.2, 0.25) is 0 Å². The zero-order valence-corrected chi connectivity index (χ0v) is 15.9. The number of piperidine rings is 1. The summed E-state index contributed by atoms with van der Waals surface area (Å²) in [5.74, 6) is -1.33. The average Bonchev–Trinajstić information content (AvgIpc) is 2.67. The van der Waals surface area contributed by atoms with Gasteiger partial charge in [-0.25, -0.2) is 12.8 Å². The highest BCUT2D eigenvalue weighted by molar-refractivity contribution is 7.89. The largest absolute Gasteiger partial charge is 0.346 e. The molecule has 3 rings (SSSR count). The van der Waals surface area contributed by atoms with Gasteiger partial charge >= 0.3 is 0 Å². The van der Waals surface area contributed by atoms with Crippen LogP contribution in [-0.2, 0) is 16.6 Å². The molecule has 144 valence electrons. The van der Waals surface area contributed by atoms with Crippen LogP contribution in [0.15, 0.2) is 41.3 Å². The fourth-order valence-corrected chi connectivity index (χ4v) is 4.66. The molecule has 1 fully saturated rings. The van der Waals surface area contributed by atoms with Gasteiger partial charge in [0.15, 0.2) is 0 Å². The Hall–Kier alpha value is -2.32. The molecule has 6 nitrogen and oxygen atoms in total. The van der Waals surface area contributed by atoms with Gasteiger partial charge in [-0.2, -0.15) is 4.31 Å². The molecule has 0 spiro atoms. The summed E-state index contributed by atoms with van der Waals surface area (Å²) in [6.07, 6.45) is 2.47. The Morgan fingerprint density at radius 2 is 1.93 bits per heavy atom. The van der Waals surface area contributed by atoms with Crippen molar-refractivity contribution in [3.63, 3.8) is 0 Å². The molecule has 0 bridgehead atoms. The maximum Gasteiger partial charge on any atom is 0.251 e. The van der Waals surface area contributed by atoms with Crippen LogP contribution in [0, 0.1) is 12.7 Å². The Morgan fingerprint density at radius 1 is 1.19 bits per heavy atom. The molecule has 1 saturated heterocycles. The van der Waals surface area contributed by atoms with E-state index in [2.05, 4.69) is 10.3 Å². The fourth-order valence-electron chi connectivity index (χ4n) is 3.06. The van der Waals surface area contributed by atoms with Gasteiger partial charge in [-0.15, -0.1) is 0 Å². The van der Waals surface area contributed by atoms with Gasteiger partial charge in [-0.1, -0.05) is 12.5 Å². The molecule has 1 aliphatic heterocycles. The number of nitrogens with one attached hydrogen (secondary N) is 1. The smallest absolute Gasteiger partial charge is 0.251 e. The number of aryl methyl sites for hydroxylation is 1. The number of sulfonamides is 1. The van der Waals surface area contributed by atoms with Crippen molar-refractivity contribution in [3.8, 4) is 0 Å². The van der Waals surface area contributed by atoms with Crippen molar-refractivity contribution in [2.75, 3.05) is 13.1 Å². The Kier molecular flexibility index (Phi) is 5.86. The summed E-state index contributed by atoms with van der Waals surface area (Å²) in [4.78, 5) is 16.2. The zero-order valence-electron chi connectivity index (χ0n) is 15.1. The summed E-state index contributed by atoms with van der Waals surface area (Å²) >= 11 is 0. The van der Waals surface area contributed by atoms with Crippen molar-refractivity contribution in [2.24, 2.45) is 0 Å². The topological polar surface area (TPSA) is 79.4 Å². The molecule has 27 heavy (non-hydrogen) atoms. The van der Waals surface area contributed by atoms with Crippen molar-refractivity contribution in [1.29, 1.82) is 0 Å². The summed E-state index contributed by atoms with van der Waals surface area (Å²) in [5, 5.41) is 2.69. The normalized spacial score (nSPS) is 15.5. The molecular weight excluding hydrogens is 369 g/mol. The van der Waals surface area contributed by atoms with Crippen molar-refractivity contribution in [1.82, 2.24) is 14.6 Å². The van der Waals surface area contributed by atoms with Crippen molar-refractivity contribution >= 4 is 15.9 Å². The second-order valence-electron chi connectivity index (χ2n) is 6.56. The van der Waals surface area contributed by atoms with Crippen molar-refractivity contribution in [2.45, 2.75) is 37.6 Å². The van der Waals surface area contributed by atoms with E-state index in [0.717, 1.165) is 37.1 Å². The molecule has 0 radical (unpaired) electrons. The van der Waals surface area contributed by atoms with Crippen LogP contribution in [0.4, 0.5) is 4.39 Å². The van der Waals surface area contributed by atoms with Crippen molar-refractivity contribution < 1.29 is 17.6 Å². The first-order valence-electron chi connectivity index (χ1n) is 8.88. The van der Waals surface area contributed by atoms with Crippen LogP contribution in [0.5, 0.6) is 0 Å². The first kappa shape index (κ1) is 19.4. The number of benzene rings is 1. The summed E-state index contributed by atoms with van der Waals surface area (Å²) < 4.78 is 41.0. The van der Waals surface area contributed by atoms with Crippen LogP contribution in [0.3, 0.4) is 0 Å². The van der Waals surface area contributed by atoms with Crippen LogP contribution in [0.25, 0.3) is 0 Å². The molecule has 0 atom stereocenters. The molecule has 1 aliphatic rings. The quantitative estimate of drug-likeness (QED) is 0.850. The predicted molar refractivity (Wildman–Crippen MR) is 99.2 cm³/mol. The number of hydrogen-bond donors (Lipinski definition) is 1. The molecule has 2 heterocycles. The van der Waals surface area contributed by atoms with E-state index in [1.54, 1.807) is 6.07 Å². The molecule has 0 saturated carbocycles. The summed E-state index contributed by atoms with van der Waals surface area (Å²) in [6.45, 7) is 2.80. The van der Waals surface area contributed by atoms with Crippen LogP contribution < -0.4 is 5.32 Å². The summed E-state index contributed by atoms with van der Waals surface area (Å²) in [6, 6.07) is 8.89. The molecule has 1 N–H and O–H groups in total. The van der Waals surface area contributed by atoms with E-state index in [1.807, 2.05) is 19.1 Å². The van der Waals surface area contributed by atoms with Gasteiger partial charge in [-0.3, -0.25) is 9.78 Å². The van der Waals surface area contributed by atoms with Crippen LogP contribution >= 0.6 is 0 Å². The standard InChI is InChI=1S/C19H22FN3O3S/c1-14-6-5-7-16(22-14)13-21-19(24)15-8-9-17(20)18(12-15)27(25,26)23-10-3-2-4-11-23/h5-9,12H,2-4,10-11,13H2,1H3,(H,21,24). The number of halogens is 1. The molecule has 1 aromatic heterocycles.